The van der Waals surface area contributed by atoms with E-state index in [-0.39, 0.29) is 29.6 Å². The van der Waals surface area contributed by atoms with E-state index in [1.165, 1.54) is 0 Å². The zero-order valence-electron chi connectivity index (χ0n) is 14.3. The smallest absolute Gasteiger partial charge is 0.230 e. The second kappa shape index (κ2) is 6.67. The average molecular weight is 358 g/mol. The first-order chi connectivity index (χ1) is 12.1. The molecule has 0 N–H and O–H groups in total. The molecular weight excluding hydrogens is 336 g/mol. The molecule has 2 aliphatic rings. The van der Waals surface area contributed by atoms with Crippen molar-refractivity contribution in [3.63, 3.8) is 0 Å². The Hall–Kier alpha value is -2.08. The Morgan fingerprint density at radius 2 is 1.92 bits per heavy atom. The van der Waals surface area contributed by atoms with Crippen LogP contribution >= 0.6 is 11.3 Å². The molecule has 5 nitrogen and oxygen atoms in total. The lowest BCUT2D eigenvalue weighted by molar-refractivity contribution is -0.141. The quantitative estimate of drug-likeness (QED) is 0.844. The Morgan fingerprint density at radius 3 is 2.56 bits per heavy atom. The van der Waals surface area contributed by atoms with Crippen LogP contribution in [0.15, 0.2) is 40.3 Å². The van der Waals surface area contributed by atoms with Gasteiger partial charge in [-0.2, -0.15) is 0 Å². The second-order valence-electron chi connectivity index (χ2n) is 6.85. The normalized spacial score (nSPS) is 24.2. The summed E-state index contributed by atoms with van der Waals surface area (Å²) in [6.07, 6.45) is 2.54. The molecule has 0 bridgehead atoms. The number of rotatable bonds is 4. The van der Waals surface area contributed by atoms with Crippen LogP contribution in [0.2, 0.25) is 0 Å². The molecule has 0 spiro atoms. The van der Waals surface area contributed by atoms with Crippen molar-refractivity contribution in [2.75, 3.05) is 26.2 Å². The summed E-state index contributed by atoms with van der Waals surface area (Å²) in [7, 11) is 0. The van der Waals surface area contributed by atoms with E-state index in [1.54, 1.807) is 17.6 Å². The SMILES string of the molecule is CC(C(=O)N1CCN(C(=O)[C@@H]2C[C@H]2c2ccco2)CC1)c1cccs1. The van der Waals surface area contributed by atoms with Gasteiger partial charge in [-0.25, -0.2) is 0 Å². The summed E-state index contributed by atoms with van der Waals surface area (Å²) in [6.45, 7) is 4.47. The maximum atomic E-state index is 12.6. The van der Waals surface area contributed by atoms with E-state index in [9.17, 15) is 9.59 Å². The highest BCUT2D eigenvalue weighted by Gasteiger charge is 2.47. The fourth-order valence-corrected chi connectivity index (χ4v) is 4.38. The van der Waals surface area contributed by atoms with Gasteiger partial charge in [-0.15, -0.1) is 11.3 Å². The molecule has 3 heterocycles. The number of carbonyl (C=O) groups is 2. The van der Waals surface area contributed by atoms with Gasteiger partial charge >= 0.3 is 0 Å². The van der Waals surface area contributed by atoms with Crippen molar-refractivity contribution < 1.29 is 14.0 Å². The zero-order valence-corrected chi connectivity index (χ0v) is 15.1. The van der Waals surface area contributed by atoms with Crippen LogP contribution < -0.4 is 0 Å². The first kappa shape index (κ1) is 16.4. The molecule has 132 valence electrons. The van der Waals surface area contributed by atoms with Crippen molar-refractivity contribution in [2.45, 2.75) is 25.2 Å². The van der Waals surface area contributed by atoms with Crippen LogP contribution in [-0.4, -0.2) is 47.8 Å². The highest BCUT2D eigenvalue weighted by atomic mass is 32.1. The Labute approximate surface area is 151 Å². The molecule has 1 saturated carbocycles. The molecular formula is C19H22N2O3S. The molecule has 1 aliphatic carbocycles. The van der Waals surface area contributed by atoms with Crippen LogP contribution in [-0.2, 0) is 9.59 Å². The summed E-state index contributed by atoms with van der Waals surface area (Å²) in [4.78, 5) is 30.2. The highest BCUT2D eigenvalue weighted by molar-refractivity contribution is 7.10. The van der Waals surface area contributed by atoms with Crippen LogP contribution in [0.25, 0.3) is 0 Å². The number of thiophene rings is 1. The third kappa shape index (κ3) is 3.23. The summed E-state index contributed by atoms with van der Waals surface area (Å²) in [6, 6.07) is 7.80. The molecule has 0 radical (unpaired) electrons. The van der Waals surface area contributed by atoms with E-state index in [1.807, 2.05) is 46.4 Å². The van der Waals surface area contributed by atoms with Crippen molar-refractivity contribution in [1.82, 2.24) is 9.80 Å². The molecule has 2 fully saturated rings. The van der Waals surface area contributed by atoms with E-state index < -0.39 is 0 Å². The van der Waals surface area contributed by atoms with Gasteiger partial charge in [0.25, 0.3) is 0 Å². The Balaban J connectivity index is 1.30. The standard InChI is InChI=1S/C19H22N2O3S/c1-13(17-5-3-11-25-17)18(22)20-6-8-21(9-7-20)19(23)15-12-14(15)16-4-2-10-24-16/h2-5,10-11,13-15H,6-9,12H2,1H3/t13?,14-,15-/m1/s1. The van der Waals surface area contributed by atoms with E-state index in [2.05, 4.69) is 0 Å². The summed E-state index contributed by atoms with van der Waals surface area (Å²) in [5, 5.41) is 2.00. The Morgan fingerprint density at radius 1 is 1.16 bits per heavy atom. The molecule has 1 aliphatic heterocycles. The van der Waals surface area contributed by atoms with Crippen molar-refractivity contribution in [3.05, 3.63) is 46.5 Å². The Bertz CT molecular complexity index is 733. The van der Waals surface area contributed by atoms with Gasteiger partial charge in [-0.05, 0) is 36.9 Å². The minimum absolute atomic E-state index is 0.0541. The third-order valence-electron chi connectivity index (χ3n) is 5.26. The molecule has 3 atom stereocenters. The number of carbonyl (C=O) groups excluding carboxylic acids is 2. The van der Waals surface area contributed by atoms with E-state index >= 15 is 0 Å². The van der Waals surface area contributed by atoms with Gasteiger partial charge in [0.05, 0.1) is 12.2 Å². The van der Waals surface area contributed by atoms with Crippen LogP contribution in [0.4, 0.5) is 0 Å². The first-order valence-electron chi connectivity index (χ1n) is 8.79. The number of hydrogen-bond donors (Lipinski definition) is 0. The van der Waals surface area contributed by atoms with E-state index in [4.69, 9.17) is 4.42 Å². The van der Waals surface area contributed by atoms with Gasteiger partial charge in [0.2, 0.25) is 11.8 Å². The summed E-state index contributed by atoms with van der Waals surface area (Å²) in [5.74, 6) is 1.47. The molecule has 2 aromatic heterocycles. The molecule has 6 heteroatoms. The van der Waals surface area contributed by atoms with Crippen LogP contribution in [0.3, 0.4) is 0 Å². The lowest BCUT2D eigenvalue weighted by Gasteiger charge is -2.36. The van der Waals surface area contributed by atoms with Gasteiger partial charge in [-0.3, -0.25) is 9.59 Å². The fourth-order valence-electron chi connectivity index (χ4n) is 3.60. The summed E-state index contributed by atoms with van der Waals surface area (Å²) < 4.78 is 5.41. The minimum Gasteiger partial charge on any atom is -0.469 e. The number of furan rings is 1. The molecule has 1 saturated heterocycles. The van der Waals surface area contributed by atoms with Crippen LogP contribution in [0, 0.1) is 5.92 Å². The lowest BCUT2D eigenvalue weighted by atomic mass is 10.1. The van der Waals surface area contributed by atoms with Crippen molar-refractivity contribution in [2.24, 2.45) is 5.92 Å². The average Bonchev–Trinajstić information content (AvgIpc) is 3.07. The topological polar surface area (TPSA) is 53.8 Å². The number of hydrogen-bond acceptors (Lipinski definition) is 4. The van der Waals surface area contributed by atoms with Gasteiger partial charge in [0.15, 0.2) is 0 Å². The maximum Gasteiger partial charge on any atom is 0.230 e. The first-order valence-corrected chi connectivity index (χ1v) is 9.67. The molecule has 0 aromatic carbocycles. The largest absolute Gasteiger partial charge is 0.469 e. The molecule has 4 rings (SSSR count). The predicted octanol–water partition coefficient (Wildman–Crippen LogP) is 2.92. The summed E-state index contributed by atoms with van der Waals surface area (Å²) >= 11 is 1.62. The van der Waals surface area contributed by atoms with E-state index in [0.29, 0.717) is 26.2 Å². The lowest BCUT2D eigenvalue weighted by Crippen LogP contribution is -2.51. The van der Waals surface area contributed by atoms with Gasteiger partial charge in [0.1, 0.15) is 5.76 Å². The molecule has 25 heavy (non-hydrogen) atoms. The highest BCUT2D eigenvalue weighted by Crippen LogP contribution is 2.48. The maximum absolute atomic E-state index is 12.6. The zero-order chi connectivity index (χ0) is 17.4. The van der Waals surface area contributed by atoms with Crippen molar-refractivity contribution in [1.29, 1.82) is 0 Å². The molecule has 2 amide bonds. The number of nitrogens with zero attached hydrogens (tertiary/aromatic N) is 2. The van der Waals surface area contributed by atoms with Gasteiger partial charge in [-0.1, -0.05) is 6.07 Å². The second-order valence-corrected chi connectivity index (χ2v) is 7.83. The minimum atomic E-state index is -0.103. The summed E-state index contributed by atoms with van der Waals surface area (Å²) in [5.41, 5.74) is 0. The van der Waals surface area contributed by atoms with Gasteiger partial charge < -0.3 is 14.2 Å². The van der Waals surface area contributed by atoms with Crippen LogP contribution in [0.1, 0.15) is 35.8 Å². The van der Waals surface area contributed by atoms with Crippen LogP contribution in [0.5, 0.6) is 0 Å². The van der Waals surface area contributed by atoms with Crippen molar-refractivity contribution in [3.8, 4) is 0 Å². The Kier molecular flexibility index (Phi) is 4.37. The monoisotopic (exact) mass is 358 g/mol. The van der Waals surface area contributed by atoms with Crippen molar-refractivity contribution >= 4 is 23.2 Å². The number of amides is 2. The third-order valence-corrected chi connectivity index (χ3v) is 6.31. The van der Waals surface area contributed by atoms with E-state index in [0.717, 1.165) is 17.1 Å². The molecule has 1 unspecified atom stereocenters. The fraction of sp³-hybridized carbons (Fsp3) is 0.474. The number of piperazine rings is 1. The predicted molar refractivity (Wildman–Crippen MR) is 95.5 cm³/mol. The molecule has 2 aromatic rings. The van der Waals surface area contributed by atoms with Gasteiger partial charge in [0, 0.05) is 42.9 Å².